The first kappa shape index (κ1) is 20.6. The summed E-state index contributed by atoms with van der Waals surface area (Å²) in [6, 6.07) is 12.0. The summed E-state index contributed by atoms with van der Waals surface area (Å²) in [6.07, 6.45) is 2.87. The average molecular weight is 431 g/mol. The molecule has 3 aromatic rings. The van der Waals surface area contributed by atoms with Crippen LogP contribution >= 0.6 is 0 Å². The van der Waals surface area contributed by atoms with Gasteiger partial charge < -0.3 is 14.8 Å². The number of rotatable bonds is 5. The van der Waals surface area contributed by atoms with Crippen LogP contribution < -0.4 is 14.8 Å². The standard InChI is InChI=1S/C22H17N5O5/c1-13-2-4-14(5-3-13)21-16(12-24-26-21)8-15(11-23)22(28)25-17-9-19-20(32-7-6-31-19)10-18(17)27(29)30/h2-5,8-10,12H,6-7H2,1H3,(H,24,26)(H,25,28). The molecular weight excluding hydrogens is 414 g/mol. The number of carbonyl (C=O) groups excluding carboxylic acids is 1. The lowest BCUT2D eigenvalue weighted by Gasteiger charge is -2.19. The van der Waals surface area contributed by atoms with Gasteiger partial charge in [0.15, 0.2) is 11.5 Å². The number of anilines is 1. The number of ether oxygens (including phenoxy) is 2. The number of nitriles is 1. The first-order valence-corrected chi connectivity index (χ1v) is 9.58. The fourth-order valence-electron chi connectivity index (χ4n) is 3.18. The number of fused-ring (bicyclic) bond motifs is 1. The number of amides is 1. The highest BCUT2D eigenvalue weighted by atomic mass is 16.6. The largest absolute Gasteiger partial charge is 0.486 e. The van der Waals surface area contributed by atoms with Crippen LogP contribution in [0.3, 0.4) is 0 Å². The molecule has 10 heteroatoms. The molecule has 4 rings (SSSR count). The molecule has 0 spiro atoms. The van der Waals surface area contributed by atoms with Crippen molar-refractivity contribution in [3.63, 3.8) is 0 Å². The van der Waals surface area contributed by atoms with Crippen LogP contribution in [-0.2, 0) is 4.79 Å². The molecule has 160 valence electrons. The second-order valence-corrected chi connectivity index (χ2v) is 6.96. The third-order valence-electron chi connectivity index (χ3n) is 4.78. The molecule has 1 amide bonds. The minimum atomic E-state index is -0.802. The molecule has 0 saturated heterocycles. The van der Waals surface area contributed by atoms with E-state index in [-0.39, 0.29) is 41.7 Å². The number of nitro groups is 1. The molecular formula is C22H17N5O5. The Balaban J connectivity index is 1.65. The summed E-state index contributed by atoms with van der Waals surface area (Å²) in [7, 11) is 0. The Morgan fingerprint density at radius 3 is 2.59 bits per heavy atom. The Morgan fingerprint density at radius 1 is 1.25 bits per heavy atom. The molecule has 0 atom stereocenters. The zero-order valence-corrected chi connectivity index (χ0v) is 16.9. The topological polar surface area (TPSA) is 143 Å². The van der Waals surface area contributed by atoms with Crippen LogP contribution in [0, 0.1) is 28.4 Å². The Labute approximate surface area is 182 Å². The third kappa shape index (κ3) is 4.13. The van der Waals surface area contributed by atoms with Gasteiger partial charge in [0.25, 0.3) is 11.6 Å². The maximum Gasteiger partial charge on any atom is 0.296 e. The molecule has 0 bridgehead atoms. The van der Waals surface area contributed by atoms with E-state index in [9.17, 15) is 20.2 Å². The molecule has 2 N–H and O–H groups in total. The van der Waals surface area contributed by atoms with Gasteiger partial charge in [-0.3, -0.25) is 20.0 Å². The van der Waals surface area contributed by atoms with Gasteiger partial charge in [0, 0.05) is 17.2 Å². The van der Waals surface area contributed by atoms with Gasteiger partial charge in [0.1, 0.15) is 30.5 Å². The lowest BCUT2D eigenvalue weighted by Crippen LogP contribution is -2.18. The highest BCUT2D eigenvalue weighted by Crippen LogP contribution is 2.39. The van der Waals surface area contributed by atoms with Gasteiger partial charge >= 0.3 is 0 Å². The quantitative estimate of drug-likeness (QED) is 0.272. The molecule has 0 fully saturated rings. The summed E-state index contributed by atoms with van der Waals surface area (Å²) in [5, 5.41) is 30.3. The van der Waals surface area contributed by atoms with Gasteiger partial charge in [-0.25, -0.2) is 0 Å². The van der Waals surface area contributed by atoms with E-state index in [2.05, 4.69) is 15.5 Å². The summed E-state index contributed by atoms with van der Waals surface area (Å²) in [6.45, 7) is 2.52. The monoisotopic (exact) mass is 431 g/mol. The van der Waals surface area contributed by atoms with Gasteiger partial charge in [0.05, 0.1) is 22.9 Å². The number of aryl methyl sites for hydroxylation is 1. The van der Waals surface area contributed by atoms with Gasteiger partial charge in [0.2, 0.25) is 0 Å². The Bertz CT molecular complexity index is 1270. The number of benzene rings is 2. The number of hydrogen-bond acceptors (Lipinski definition) is 7. The van der Waals surface area contributed by atoms with E-state index in [4.69, 9.17) is 9.47 Å². The second kappa shape index (κ2) is 8.61. The summed E-state index contributed by atoms with van der Waals surface area (Å²) in [5.74, 6) is -0.308. The van der Waals surface area contributed by atoms with Crippen LogP contribution in [0.4, 0.5) is 11.4 Å². The first-order valence-electron chi connectivity index (χ1n) is 9.58. The van der Waals surface area contributed by atoms with Crippen molar-refractivity contribution in [3.05, 3.63) is 69.4 Å². The zero-order valence-electron chi connectivity index (χ0n) is 16.9. The molecule has 2 heterocycles. The highest BCUT2D eigenvalue weighted by molar-refractivity contribution is 6.11. The van der Waals surface area contributed by atoms with Crippen molar-refractivity contribution in [1.29, 1.82) is 5.26 Å². The van der Waals surface area contributed by atoms with Crippen molar-refractivity contribution >= 4 is 23.4 Å². The molecule has 1 aliphatic rings. The van der Waals surface area contributed by atoms with E-state index in [1.54, 1.807) is 0 Å². The minimum absolute atomic E-state index is 0.101. The number of carbonyl (C=O) groups is 1. The molecule has 0 radical (unpaired) electrons. The molecule has 1 aliphatic heterocycles. The normalized spacial score (nSPS) is 12.7. The Kier molecular flexibility index (Phi) is 5.55. The van der Waals surface area contributed by atoms with Crippen LogP contribution in [0.5, 0.6) is 11.5 Å². The van der Waals surface area contributed by atoms with Crippen LogP contribution in [0.25, 0.3) is 17.3 Å². The van der Waals surface area contributed by atoms with E-state index in [1.165, 1.54) is 24.4 Å². The lowest BCUT2D eigenvalue weighted by atomic mass is 10.0. The van der Waals surface area contributed by atoms with Crippen molar-refractivity contribution < 1.29 is 19.2 Å². The SMILES string of the molecule is Cc1ccc(-c2[nH]ncc2C=C(C#N)C(=O)Nc2cc3c(cc2[N+](=O)[O-])OCCO3)cc1. The summed E-state index contributed by atoms with van der Waals surface area (Å²) >= 11 is 0. The van der Waals surface area contributed by atoms with Gasteiger partial charge in [-0.05, 0) is 13.0 Å². The van der Waals surface area contributed by atoms with Crippen LogP contribution in [0.15, 0.2) is 48.2 Å². The Hall–Kier alpha value is -4.65. The number of H-pyrrole nitrogens is 1. The minimum Gasteiger partial charge on any atom is -0.486 e. The number of aromatic amines is 1. The molecule has 0 unspecified atom stereocenters. The number of hydrogen-bond donors (Lipinski definition) is 2. The molecule has 32 heavy (non-hydrogen) atoms. The Morgan fingerprint density at radius 2 is 1.94 bits per heavy atom. The molecule has 10 nitrogen and oxygen atoms in total. The number of nitrogens with one attached hydrogen (secondary N) is 2. The average Bonchev–Trinajstić information content (AvgIpc) is 3.25. The number of aromatic nitrogens is 2. The zero-order chi connectivity index (χ0) is 22.7. The molecule has 2 aromatic carbocycles. The van der Waals surface area contributed by atoms with Crippen molar-refractivity contribution in [2.75, 3.05) is 18.5 Å². The first-order chi connectivity index (χ1) is 15.5. The van der Waals surface area contributed by atoms with Crippen molar-refractivity contribution in [2.24, 2.45) is 0 Å². The maximum absolute atomic E-state index is 12.8. The van der Waals surface area contributed by atoms with E-state index in [0.29, 0.717) is 11.3 Å². The number of nitrogens with zero attached hydrogens (tertiary/aromatic N) is 3. The van der Waals surface area contributed by atoms with E-state index in [1.807, 2.05) is 37.3 Å². The molecule has 1 aromatic heterocycles. The van der Waals surface area contributed by atoms with Crippen LogP contribution in [0.2, 0.25) is 0 Å². The second-order valence-electron chi connectivity index (χ2n) is 6.96. The van der Waals surface area contributed by atoms with Crippen molar-refractivity contribution in [2.45, 2.75) is 6.92 Å². The summed E-state index contributed by atoms with van der Waals surface area (Å²) in [4.78, 5) is 23.6. The summed E-state index contributed by atoms with van der Waals surface area (Å²) in [5.41, 5.74) is 2.36. The van der Waals surface area contributed by atoms with Crippen molar-refractivity contribution in [1.82, 2.24) is 10.2 Å². The highest BCUT2D eigenvalue weighted by Gasteiger charge is 2.24. The lowest BCUT2D eigenvalue weighted by molar-refractivity contribution is -0.384. The molecule has 0 saturated carbocycles. The van der Waals surface area contributed by atoms with Crippen molar-refractivity contribution in [3.8, 4) is 28.8 Å². The maximum atomic E-state index is 12.8. The predicted octanol–water partition coefficient (Wildman–Crippen LogP) is 3.61. The van der Waals surface area contributed by atoms with E-state index in [0.717, 1.165) is 11.1 Å². The smallest absolute Gasteiger partial charge is 0.296 e. The fraction of sp³-hybridized carbons (Fsp3) is 0.136. The molecule has 0 aliphatic carbocycles. The van der Waals surface area contributed by atoms with E-state index < -0.39 is 10.8 Å². The van der Waals surface area contributed by atoms with Crippen LogP contribution in [-0.4, -0.2) is 34.2 Å². The van der Waals surface area contributed by atoms with Crippen LogP contribution in [0.1, 0.15) is 11.1 Å². The fourth-order valence-corrected chi connectivity index (χ4v) is 3.18. The van der Waals surface area contributed by atoms with Gasteiger partial charge in [-0.15, -0.1) is 0 Å². The third-order valence-corrected chi connectivity index (χ3v) is 4.78. The van der Waals surface area contributed by atoms with Gasteiger partial charge in [-0.2, -0.15) is 10.4 Å². The number of nitro benzene ring substituents is 1. The van der Waals surface area contributed by atoms with Gasteiger partial charge in [-0.1, -0.05) is 29.8 Å². The predicted molar refractivity (Wildman–Crippen MR) is 115 cm³/mol. The van der Waals surface area contributed by atoms with E-state index >= 15 is 0 Å². The summed E-state index contributed by atoms with van der Waals surface area (Å²) < 4.78 is 10.8.